The maximum Gasteiger partial charge on any atom is 0.409 e. The van der Waals surface area contributed by atoms with Crippen LogP contribution in [0.25, 0.3) is 11.0 Å². The van der Waals surface area contributed by atoms with Crippen molar-refractivity contribution in [2.75, 3.05) is 13.7 Å². The molecule has 2 aromatic rings. The monoisotopic (exact) mass is 385 g/mol. The fourth-order valence-electron chi connectivity index (χ4n) is 4.82. The Labute approximate surface area is 164 Å². The molecule has 7 heteroatoms. The van der Waals surface area contributed by atoms with Crippen LogP contribution in [0.2, 0.25) is 0 Å². The average Bonchev–Trinajstić information content (AvgIpc) is 3.12. The summed E-state index contributed by atoms with van der Waals surface area (Å²) in [7, 11) is 1.41. The van der Waals surface area contributed by atoms with Gasteiger partial charge in [0, 0.05) is 24.6 Å². The fourth-order valence-corrected chi connectivity index (χ4v) is 4.82. The molecule has 150 valence electrons. The molecule has 0 saturated heterocycles. The second-order valence-electron chi connectivity index (χ2n) is 7.83. The Hall–Kier alpha value is -2.57. The second kappa shape index (κ2) is 7.45. The molecule has 1 aliphatic heterocycles. The number of methoxy groups -OCH3 is 1. The number of carboxylic acid groups (broad SMARTS) is 1. The number of ether oxygens (including phenoxy) is 1. The lowest BCUT2D eigenvalue weighted by molar-refractivity contribution is -0.143. The minimum Gasteiger partial charge on any atom is -0.481 e. The van der Waals surface area contributed by atoms with Crippen LogP contribution in [0, 0.1) is 5.92 Å². The van der Waals surface area contributed by atoms with Gasteiger partial charge in [-0.3, -0.25) is 4.79 Å². The Kier molecular flexibility index (Phi) is 5.00. The molecule has 2 aliphatic rings. The largest absolute Gasteiger partial charge is 0.481 e. The lowest BCUT2D eigenvalue weighted by Gasteiger charge is -2.27. The number of imidazole rings is 1. The van der Waals surface area contributed by atoms with Gasteiger partial charge in [-0.2, -0.15) is 0 Å². The van der Waals surface area contributed by atoms with Crippen LogP contribution in [0.5, 0.6) is 0 Å². The Balaban J connectivity index is 1.75. The third-order valence-electron chi connectivity index (χ3n) is 6.29. The van der Waals surface area contributed by atoms with Crippen molar-refractivity contribution in [2.45, 2.75) is 58.0 Å². The van der Waals surface area contributed by atoms with E-state index in [0.29, 0.717) is 19.5 Å². The molecule has 1 saturated carbocycles. The van der Waals surface area contributed by atoms with Crippen molar-refractivity contribution < 1.29 is 19.4 Å². The van der Waals surface area contributed by atoms with Crippen molar-refractivity contribution >= 4 is 23.1 Å². The molecular weight excluding hydrogens is 358 g/mol. The summed E-state index contributed by atoms with van der Waals surface area (Å²) >= 11 is 0. The summed E-state index contributed by atoms with van der Waals surface area (Å²) in [6.07, 6.45) is 3.77. The SMILES string of the molecule is CCn1c([C@H]2CCC[C@H](C(=O)O)C2)nc2c3c(ccc21)CCN(C(=O)OC)C3. The molecule has 0 radical (unpaired) electrons. The van der Waals surface area contributed by atoms with Gasteiger partial charge in [0.2, 0.25) is 0 Å². The molecule has 28 heavy (non-hydrogen) atoms. The van der Waals surface area contributed by atoms with E-state index in [-0.39, 0.29) is 17.9 Å². The number of aliphatic carboxylic acids is 1. The molecule has 7 nitrogen and oxygen atoms in total. The number of hydrogen-bond acceptors (Lipinski definition) is 4. The molecule has 0 bridgehead atoms. The quantitative estimate of drug-likeness (QED) is 0.874. The first-order chi connectivity index (χ1) is 13.5. The summed E-state index contributed by atoms with van der Waals surface area (Å²) < 4.78 is 7.13. The summed E-state index contributed by atoms with van der Waals surface area (Å²) in [4.78, 5) is 30.3. The molecule has 1 amide bonds. The zero-order chi connectivity index (χ0) is 19.8. The van der Waals surface area contributed by atoms with Gasteiger partial charge < -0.3 is 19.3 Å². The Morgan fingerprint density at radius 3 is 2.86 bits per heavy atom. The molecule has 0 spiro atoms. The number of nitrogens with zero attached hydrogens (tertiary/aromatic N) is 3. The van der Waals surface area contributed by atoms with Crippen LogP contribution in [-0.2, 0) is 29.0 Å². The Morgan fingerprint density at radius 1 is 1.32 bits per heavy atom. The first-order valence-corrected chi connectivity index (χ1v) is 10.1. The third kappa shape index (κ3) is 3.12. The summed E-state index contributed by atoms with van der Waals surface area (Å²) in [5.41, 5.74) is 4.33. The van der Waals surface area contributed by atoms with Crippen LogP contribution >= 0.6 is 0 Å². The first kappa shape index (κ1) is 18.8. The number of benzene rings is 1. The minimum atomic E-state index is -0.699. The molecule has 0 unspecified atom stereocenters. The van der Waals surface area contributed by atoms with Gasteiger partial charge in [-0.15, -0.1) is 0 Å². The predicted octanol–water partition coefficient (Wildman–Crippen LogP) is 3.54. The standard InChI is InChI=1S/C21H27N3O4/c1-3-24-17-8-7-13-9-10-23(21(27)28-2)12-16(13)18(17)22-19(24)14-5-4-6-15(11-14)20(25)26/h7-8,14-15H,3-6,9-12H2,1-2H3,(H,25,26)/t14-,15-/m0/s1. The number of carboxylic acids is 1. The van der Waals surface area contributed by atoms with E-state index >= 15 is 0 Å². The van der Waals surface area contributed by atoms with Gasteiger partial charge in [0.25, 0.3) is 0 Å². The van der Waals surface area contributed by atoms with E-state index in [9.17, 15) is 14.7 Å². The highest BCUT2D eigenvalue weighted by molar-refractivity contribution is 5.82. The third-order valence-corrected chi connectivity index (χ3v) is 6.29. The number of amides is 1. The number of carbonyl (C=O) groups is 2. The summed E-state index contributed by atoms with van der Waals surface area (Å²) in [5.74, 6) is 0.174. The van der Waals surface area contributed by atoms with Crippen molar-refractivity contribution in [3.63, 3.8) is 0 Å². The van der Waals surface area contributed by atoms with Gasteiger partial charge in [0.1, 0.15) is 5.82 Å². The number of rotatable bonds is 3. The van der Waals surface area contributed by atoms with Crippen molar-refractivity contribution in [3.8, 4) is 0 Å². The maximum absolute atomic E-state index is 12.0. The number of hydrogen-bond donors (Lipinski definition) is 1. The van der Waals surface area contributed by atoms with E-state index in [1.165, 1.54) is 12.7 Å². The van der Waals surface area contributed by atoms with Gasteiger partial charge in [-0.05, 0) is 44.2 Å². The minimum absolute atomic E-state index is 0.165. The van der Waals surface area contributed by atoms with Crippen LogP contribution in [0.3, 0.4) is 0 Å². The lowest BCUT2D eigenvalue weighted by atomic mass is 9.81. The van der Waals surface area contributed by atoms with E-state index < -0.39 is 5.97 Å². The number of fused-ring (bicyclic) bond motifs is 3. The van der Waals surface area contributed by atoms with Crippen LogP contribution in [0.4, 0.5) is 4.79 Å². The van der Waals surface area contributed by atoms with E-state index in [2.05, 4.69) is 23.6 Å². The van der Waals surface area contributed by atoms with Crippen LogP contribution < -0.4 is 0 Å². The van der Waals surface area contributed by atoms with Crippen LogP contribution in [0.15, 0.2) is 12.1 Å². The fraction of sp³-hybridized carbons (Fsp3) is 0.571. The van der Waals surface area contributed by atoms with Gasteiger partial charge >= 0.3 is 12.1 Å². The van der Waals surface area contributed by atoms with E-state index in [1.807, 2.05) is 0 Å². The highest BCUT2D eigenvalue weighted by Gasteiger charge is 2.32. The Morgan fingerprint density at radius 2 is 2.14 bits per heavy atom. The van der Waals surface area contributed by atoms with Crippen LogP contribution in [-0.4, -0.2) is 45.3 Å². The molecular formula is C21H27N3O4. The molecule has 4 rings (SSSR count). The number of aromatic nitrogens is 2. The zero-order valence-electron chi connectivity index (χ0n) is 16.5. The highest BCUT2D eigenvalue weighted by Crippen LogP contribution is 2.38. The zero-order valence-corrected chi connectivity index (χ0v) is 16.5. The predicted molar refractivity (Wildman–Crippen MR) is 104 cm³/mol. The smallest absolute Gasteiger partial charge is 0.409 e. The van der Waals surface area contributed by atoms with E-state index in [1.54, 1.807) is 4.90 Å². The normalized spacial score (nSPS) is 22.1. The molecule has 1 aromatic heterocycles. The second-order valence-corrected chi connectivity index (χ2v) is 7.83. The Bertz CT molecular complexity index is 920. The van der Waals surface area contributed by atoms with Crippen molar-refractivity contribution in [2.24, 2.45) is 5.92 Å². The molecule has 2 heterocycles. The van der Waals surface area contributed by atoms with Gasteiger partial charge in [-0.1, -0.05) is 12.5 Å². The molecule has 1 fully saturated rings. The van der Waals surface area contributed by atoms with Gasteiger partial charge in [-0.25, -0.2) is 9.78 Å². The van der Waals surface area contributed by atoms with Crippen LogP contribution in [0.1, 0.15) is 55.5 Å². The highest BCUT2D eigenvalue weighted by atomic mass is 16.5. The number of carbonyl (C=O) groups excluding carboxylic acids is 1. The van der Waals surface area contributed by atoms with Gasteiger partial charge in [0.05, 0.1) is 30.6 Å². The van der Waals surface area contributed by atoms with E-state index in [0.717, 1.165) is 54.6 Å². The topological polar surface area (TPSA) is 84.7 Å². The first-order valence-electron chi connectivity index (χ1n) is 10.1. The molecule has 1 aromatic carbocycles. The van der Waals surface area contributed by atoms with Gasteiger partial charge in [0.15, 0.2) is 0 Å². The summed E-state index contributed by atoms with van der Waals surface area (Å²) in [6.45, 7) is 4.04. The number of aryl methyl sites for hydroxylation is 1. The summed E-state index contributed by atoms with van der Waals surface area (Å²) in [6, 6.07) is 4.27. The molecule has 2 atom stereocenters. The average molecular weight is 385 g/mol. The lowest BCUT2D eigenvalue weighted by Crippen LogP contribution is -2.35. The molecule has 1 aliphatic carbocycles. The summed E-state index contributed by atoms with van der Waals surface area (Å²) in [5, 5.41) is 9.46. The van der Waals surface area contributed by atoms with E-state index in [4.69, 9.17) is 9.72 Å². The van der Waals surface area contributed by atoms with Crippen molar-refractivity contribution in [1.29, 1.82) is 0 Å². The van der Waals surface area contributed by atoms with Crippen molar-refractivity contribution in [1.82, 2.24) is 14.5 Å². The maximum atomic E-state index is 12.0. The van der Waals surface area contributed by atoms with Crippen molar-refractivity contribution in [3.05, 3.63) is 29.1 Å². The molecule has 1 N–H and O–H groups in total.